The predicted octanol–water partition coefficient (Wildman–Crippen LogP) is 1.90. The summed E-state index contributed by atoms with van der Waals surface area (Å²) in [5.41, 5.74) is 2.32. The van der Waals surface area contributed by atoms with Gasteiger partial charge in [-0.15, -0.1) is 0 Å². The SMILES string of the molecule is O=C(c1ccc(C(=O)N2CCC[C@@H](c3ccn[nH]3)C2)cc1)N1CCOCC1. The highest BCUT2D eigenvalue weighted by Crippen LogP contribution is 2.26. The molecule has 1 atom stereocenters. The second-order valence-electron chi connectivity index (χ2n) is 7.08. The van der Waals surface area contributed by atoms with E-state index in [1.54, 1.807) is 35.4 Å². The molecule has 4 rings (SSSR count). The van der Waals surface area contributed by atoms with Gasteiger partial charge in [-0.25, -0.2) is 0 Å². The first-order chi connectivity index (χ1) is 13.2. The fraction of sp³-hybridized carbons (Fsp3) is 0.450. The van der Waals surface area contributed by atoms with Crippen molar-refractivity contribution in [2.45, 2.75) is 18.8 Å². The first-order valence-electron chi connectivity index (χ1n) is 9.48. The van der Waals surface area contributed by atoms with Crippen molar-refractivity contribution in [2.75, 3.05) is 39.4 Å². The maximum Gasteiger partial charge on any atom is 0.254 e. The highest BCUT2D eigenvalue weighted by Gasteiger charge is 2.26. The van der Waals surface area contributed by atoms with Crippen molar-refractivity contribution in [1.82, 2.24) is 20.0 Å². The Hall–Kier alpha value is -2.67. The van der Waals surface area contributed by atoms with Crippen LogP contribution in [0.5, 0.6) is 0 Å². The Kier molecular flexibility index (Phi) is 5.20. The van der Waals surface area contributed by atoms with E-state index in [0.717, 1.165) is 25.1 Å². The molecule has 7 nitrogen and oxygen atoms in total. The van der Waals surface area contributed by atoms with Crippen molar-refractivity contribution in [3.8, 4) is 0 Å². The summed E-state index contributed by atoms with van der Waals surface area (Å²) in [6, 6.07) is 9.00. The molecular formula is C20H24N4O3. The number of aromatic nitrogens is 2. The van der Waals surface area contributed by atoms with Crippen LogP contribution in [-0.2, 0) is 4.74 Å². The number of nitrogens with zero attached hydrogens (tertiary/aromatic N) is 3. The minimum atomic E-state index is -0.00502. The highest BCUT2D eigenvalue weighted by atomic mass is 16.5. The number of piperidine rings is 1. The number of morpholine rings is 1. The molecule has 27 heavy (non-hydrogen) atoms. The molecule has 2 aliphatic rings. The van der Waals surface area contributed by atoms with Gasteiger partial charge in [-0.05, 0) is 43.2 Å². The van der Waals surface area contributed by atoms with Crippen LogP contribution in [0.1, 0.15) is 45.2 Å². The van der Waals surface area contributed by atoms with Gasteiger partial charge < -0.3 is 14.5 Å². The lowest BCUT2D eigenvalue weighted by molar-refractivity contribution is 0.0303. The number of H-pyrrole nitrogens is 1. The third-order valence-electron chi connectivity index (χ3n) is 5.35. The van der Waals surface area contributed by atoms with Gasteiger partial charge in [0.25, 0.3) is 11.8 Å². The number of benzene rings is 1. The van der Waals surface area contributed by atoms with Crippen molar-refractivity contribution in [2.24, 2.45) is 0 Å². The third kappa shape index (κ3) is 3.88. The summed E-state index contributed by atoms with van der Waals surface area (Å²) in [7, 11) is 0. The zero-order valence-electron chi connectivity index (χ0n) is 15.3. The van der Waals surface area contributed by atoms with Gasteiger partial charge in [0, 0.05) is 55.1 Å². The van der Waals surface area contributed by atoms with Gasteiger partial charge in [0.05, 0.1) is 13.2 Å². The van der Waals surface area contributed by atoms with Gasteiger partial charge in [0.15, 0.2) is 0 Å². The van der Waals surface area contributed by atoms with Crippen LogP contribution in [0.15, 0.2) is 36.5 Å². The van der Waals surface area contributed by atoms with Crippen LogP contribution in [0.4, 0.5) is 0 Å². The van der Waals surface area contributed by atoms with Crippen molar-refractivity contribution >= 4 is 11.8 Å². The van der Waals surface area contributed by atoms with Gasteiger partial charge in [0.2, 0.25) is 0 Å². The van der Waals surface area contributed by atoms with Gasteiger partial charge in [-0.3, -0.25) is 14.7 Å². The molecule has 0 bridgehead atoms. The van der Waals surface area contributed by atoms with Crippen molar-refractivity contribution in [1.29, 1.82) is 0 Å². The molecule has 0 unspecified atom stereocenters. The Bertz CT molecular complexity index is 782. The summed E-state index contributed by atoms with van der Waals surface area (Å²) in [5.74, 6) is 0.312. The second kappa shape index (κ2) is 7.92. The fourth-order valence-electron chi connectivity index (χ4n) is 3.80. The topological polar surface area (TPSA) is 78.5 Å². The Balaban J connectivity index is 1.42. The molecule has 2 aliphatic heterocycles. The molecule has 2 amide bonds. The molecular weight excluding hydrogens is 344 g/mol. The Morgan fingerprint density at radius 1 is 0.963 bits per heavy atom. The number of rotatable bonds is 3. The molecule has 1 aromatic carbocycles. The molecule has 0 saturated carbocycles. The molecule has 2 fully saturated rings. The van der Waals surface area contributed by atoms with Crippen LogP contribution in [0.25, 0.3) is 0 Å². The van der Waals surface area contributed by atoms with Gasteiger partial charge in [-0.2, -0.15) is 5.10 Å². The fourth-order valence-corrected chi connectivity index (χ4v) is 3.80. The molecule has 0 radical (unpaired) electrons. The summed E-state index contributed by atoms with van der Waals surface area (Å²) in [6.07, 6.45) is 3.78. The molecule has 2 aromatic rings. The average Bonchev–Trinajstić information content (AvgIpc) is 3.29. The lowest BCUT2D eigenvalue weighted by atomic mass is 9.94. The van der Waals surface area contributed by atoms with E-state index < -0.39 is 0 Å². The zero-order chi connectivity index (χ0) is 18.6. The number of hydrogen-bond acceptors (Lipinski definition) is 4. The standard InChI is InChI=1S/C20H24N4O3/c25-19(23-10-12-27-13-11-23)15-3-5-16(6-4-15)20(26)24-9-1-2-17(14-24)18-7-8-21-22-18/h3-8,17H,1-2,9-14H2,(H,21,22)/t17-/m1/s1. The van der Waals surface area contributed by atoms with Crippen molar-refractivity contribution in [3.05, 3.63) is 53.3 Å². The lowest BCUT2D eigenvalue weighted by Crippen LogP contribution is -2.40. The molecule has 3 heterocycles. The van der Waals surface area contributed by atoms with E-state index in [1.807, 2.05) is 11.0 Å². The van der Waals surface area contributed by atoms with E-state index in [0.29, 0.717) is 49.9 Å². The van der Waals surface area contributed by atoms with E-state index in [9.17, 15) is 9.59 Å². The Morgan fingerprint density at radius 2 is 1.63 bits per heavy atom. The molecule has 2 saturated heterocycles. The lowest BCUT2D eigenvalue weighted by Gasteiger charge is -2.32. The highest BCUT2D eigenvalue weighted by molar-refractivity contribution is 5.98. The minimum Gasteiger partial charge on any atom is -0.378 e. The van der Waals surface area contributed by atoms with Crippen molar-refractivity contribution < 1.29 is 14.3 Å². The number of amides is 2. The quantitative estimate of drug-likeness (QED) is 0.898. The molecule has 7 heteroatoms. The molecule has 142 valence electrons. The number of carbonyl (C=O) groups is 2. The number of likely N-dealkylation sites (tertiary alicyclic amines) is 1. The molecule has 0 spiro atoms. The summed E-state index contributed by atoms with van der Waals surface area (Å²) >= 11 is 0. The molecule has 0 aliphatic carbocycles. The van der Waals surface area contributed by atoms with Crippen LogP contribution in [0.3, 0.4) is 0 Å². The van der Waals surface area contributed by atoms with E-state index in [1.165, 1.54) is 0 Å². The van der Waals surface area contributed by atoms with Gasteiger partial charge in [0.1, 0.15) is 0 Å². The summed E-state index contributed by atoms with van der Waals surface area (Å²) in [4.78, 5) is 29.1. The van der Waals surface area contributed by atoms with E-state index >= 15 is 0 Å². The minimum absolute atomic E-state index is 0.00502. The van der Waals surface area contributed by atoms with E-state index in [4.69, 9.17) is 4.74 Å². The monoisotopic (exact) mass is 368 g/mol. The first kappa shape index (κ1) is 17.7. The first-order valence-corrected chi connectivity index (χ1v) is 9.48. The summed E-state index contributed by atoms with van der Waals surface area (Å²) in [6.45, 7) is 3.83. The maximum absolute atomic E-state index is 12.9. The molecule has 1 N–H and O–H groups in total. The van der Waals surface area contributed by atoms with Crippen LogP contribution in [0.2, 0.25) is 0 Å². The largest absolute Gasteiger partial charge is 0.378 e. The predicted molar refractivity (Wildman–Crippen MR) is 99.6 cm³/mol. The van der Waals surface area contributed by atoms with E-state index in [-0.39, 0.29) is 11.8 Å². The normalized spacial score (nSPS) is 20.5. The van der Waals surface area contributed by atoms with Crippen LogP contribution in [0, 0.1) is 0 Å². The van der Waals surface area contributed by atoms with Crippen LogP contribution < -0.4 is 0 Å². The number of carbonyl (C=O) groups excluding carboxylic acids is 2. The average molecular weight is 368 g/mol. The second-order valence-corrected chi connectivity index (χ2v) is 7.08. The van der Waals surface area contributed by atoms with E-state index in [2.05, 4.69) is 10.2 Å². The Labute approximate surface area is 158 Å². The number of nitrogens with one attached hydrogen (secondary N) is 1. The third-order valence-corrected chi connectivity index (χ3v) is 5.35. The zero-order valence-corrected chi connectivity index (χ0v) is 15.3. The number of hydrogen-bond donors (Lipinski definition) is 1. The number of aromatic amines is 1. The number of ether oxygens (including phenoxy) is 1. The molecule has 1 aromatic heterocycles. The smallest absolute Gasteiger partial charge is 0.254 e. The van der Waals surface area contributed by atoms with Crippen molar-refractivity contribution in [3.63, 3.8) is 0 Å². The Morgan fingerprint density at radius 3 is 2.26 bits per heavy atom. The van der Waals surface area contributed by atoms with Gasteiger partial charge >= 0.3 is 0 Å². The maximum atomic E-state index is 12.9. The van der Waals surface area contributed by atoms with Crippen LogP contribution >= 0.6 is 0 Å². The van der Waals surface area contributed by atoms with Crippen LogP contribution in [-0.4, -0.2) is 71.2 Å². The van der Waals surface area contributed by atoms with Gasteiger partial charge in [-0.1, -0.05) is 0 Å². The summed E-state index contributed by atoms with van der Waals surface area (Å²) in [5, 5.41) is 7.04. The summed E-state index contributed by atoms with van der Waals surface area (Å²) < 4.78 is 5.29.